The Morgan fingerprint density at radius 2 is 2.13 bits per heavy atom. The van der Waals surface area contributed by atoms with Gasteiger partial charge in [-0.1, -0.05) is 0 Å². The second kappa shape index (κ2) is 5.92. The van der Waals surface area contributed by atoms with Crippen molar-refractivity contribution in [2.24, 2.45) is 0 Å². The molecule has 0 aliphatic carbocycles. The minimum absolute atomic E-state index is 0.0523. The first-order valence-corrected chi connectivity index (χ1v) is 7.52. The molecule has 2 N–H and O–H groups in total. The molecule has 0 aliphatic heterocycles. The minimum atomic E-state index is -0.330. The molecule has 1 heterocycles. The summed E-state index contributed by atoms with van der Waals surface area (Å²) in [5.74, 6) is 0.398. The minimum Gasteiger partial charge on any atom is -0.503 e. The van der Waals surface area contributed by atoms with Crippen LogP contribution in [0.3, 0.4) is 0 Å². The fourth-order valence-electron chi connectivity index (χ4n) is 2.18. The summed E-state index contributed by atoms with van der Waals surface area (Å²) in [6.45, 7) is 1.76. The first-order chi connectivity index (χ1) is 11.0. The number of aryl methyl sites for hydroxylation is 1. The molecule has 6 nitrogen and oxygen atoms in total. The number of amides is 1. The summed E-state index contributed by atoms with van der Waals surface area (Å²) < 4.78 is 10.8. The van der Waals surface area contributed by atoms with Gasteiger partial charge in [0.25, 0.3) is 5.91 Å². The van der Waals surface area contributed by atoms with Crippen LogP contribution in [0.5, 0.6) is 11.5 Å². The number of phenolic OH excluding ortho intramolecular Hbond substituents is 1. The standard InChI is InChI=1S/C16H13BrN2O4/c1-8-18-12-7-10(3-4-13(12)23-8)19-16(21)9-5-11(17)15(20)14(6-9)22-2/h3-7,20H,1-2H3,(H,19,21). The lowest BCUT2D eigenvalue weighted by molar-refractivity contribution is 0.102. The van der Waals surface area contributed by atoms with Gasteiger partial charge in [-0.15, -0.1) is 0 Å². The van der Waals surface area contributed by atoms with E-state index in [-0.39, 0.29) is 17.4 Å². The average Bonchev–Trinajstić information content (AvgIpc) is 2.89. The SMILES string of the molecule is COc1cc(C(=O)Nc2ccc3oc(C)nc3c2)cc(Br)c1O. The number of halogens is 1. The number of ether oxygens (including phenoxy) is 1. The largest absolute Gasteiger partial charge is 0.503 e. The van der Waals surface area contributed by atoms with E-state index >= 15 is 0 Å². The molecule has 0 aliphatic rings. The normalized spacial score (nSPS) is 10.7. The van der Waals surface area contributed by atoms with Gasteiger partial charge in [0.1, 0.15) is 5.52 Å². The van der Waals surface area contributed by atoms with Gasteiger partial charge < -0.3 is 19.6 Å². The summed E-state index contributed by atoms with van der Waals surface area (Å²) in [6, 6.07) is 8.20. The maximum absolute atomic E-state index is 12.4. The highest BCUT2D eigenvalue weighted by molar-refractivity contribution is 9.10. The van der Waals surface area contributed by atoms with E-state index in [9.17, 15) is 9.90 Å². The molecule has 1 aromatic heterocycles. The van der Waals surface area contributed by atoms with Gasteiger partial charge in [-0.2, -0.15) is 0 Å². The van der Waals surface area contributed by atoms with Gasteiger partial charge in [0.05, 0.1) is 11.6 Å². The van der Waals surface area contributed by atoms with Crippen LogP contribution in [0.2, 0.25) is 0 Å². The lowest BCUT2D eigenvalue weighted by Crippen LogP contribution is -2.12. The van der Waals surface area contributed by atoms with Crippen molar-refractivity contribution in [3.63, 3.8) is 0 Å². The molecule has 0 fully saturated rings. The molecule has 3 rings (SSSR count). The predicted molar refractivity (Wildman–Crippen MR) is 89.1 cm³/mol. The van der Waals surface area contributed by atoms with Crippen molar-refractivity contribution in [3.8, 4) is 11.5 Å². The fraction of sp³-hybridized carbons (Fsp3) is 0.125. The number of oxazole rings is 1. The molecule has 0 spiro atoms. The molecule has 0 atom stereocenters. The number of rotatable bonds is 3. The second-order valence-corrected chi connectivity index (χ2v) is 5.73. The molecular weight excluding hydrogens is 364 g/mol. The number of benzene rings is 2. The maximum Gasteiger partial charge on any atom is 0.255 e. The molecule has 0 saturated heterocycles. The second-order valence-electron chi connectivity index (χ2n) is 4.88. The van der Waals surface area contributed by atoms with Gasteiger partial charge in [0.15, 0.2) is 23.0 Å². The zero-order chi connectivity index (χ0) is 16.6. The Morgan fingerprint density at radius 1 is 1.35 bits per heavy atom. The van der Waals surface area contributed by atoms with Crippen LogP contribution < -0.4 is 10.1 Å². The van der Waals surface area contributed by atoms with Crippen LogP contribution in [0, 0.1) is 6.92 Å². The van der Waals surface area contributed by atoms with E-state index in [1.54, 1.807) is 25.1 Å². The number of nitrogens with one attached hydrogen (secondary N) is 1. The molecule has 0 saturated carbocycles. The number of aromatic nitrogens is 1. The zero-order valence-electron chi connectivity index (χ0n) is 12.4. The van der Waals surface area contributed by atoms with Gasteiger partial charge in [0.2, 0.25) is 0 Å². The van der Waals surface area contributed by atoms with Crippen LogP contribution in [0.4, 0.5) is 5.69 Å². The van der Waals surface area contributed by atoms with Gasteiger partial charge in [-0.25, -0.2) is 4.98 Å². The third-order valence-corrected chi connectivity index (χ3v) is 3.87. The number of nitrogens with zero attached hydrogens (tertiary/aromatic N) is 1. The van der Waals surface area contributed by atoms with E-state index in [0.717, 1.165) is 0 Å². The molecule has 2 aromatic carbocycles. The number of methoxy groups -OCH3 is 1. The van der Waals surface area contributed by atoms with Crippen molar-refractivity contribution >= 4 is 38.6 Å². The van der Waals surface area contributed by atoms with E-state index in [0.29, 0.717) is 32.7 Å². The molecule has 118 valence electrons. The van der Waals surface area contributed by atoms with E-state index in [1.807, 2.05) is 0 Å². The van der Waals surface area contributed by atoms with Crippen molar-refractivity contribution < 1.29 is 19.1 Å². The number of carbonyl (C=O) groups is 1. The third kappa shape index (κ3) is 3.00. The van der Waals surface area contributed by atoms with Crippen LogP contribution in [0.15, 0.2) is 39.2 Å². The monoisotopic (exact) mass is 376 g/mol. The molecule has 7 heteroatoms. The summed E-state index contributed by atoms with van der Waals surface area (Å²) in [4.78, 5) is 16.6. The number of hydrogen-bond donors (Lipinski definition) is 2. The summed E-state index contributed by atoms with van der Waals surface area (Å²) in [7, 11) is 1.42. The Labute approximate surface area is 140 Å². The number of anilines is 1. The predicted octanol–water partition coefficient (Wildman–Crippen LogP) is 3.87. The first-order valence-electron chi connectivity index (χ1n) is 6.73. The first kappa shape index (κ1) is 15.4. The highest BCUT2D eigenvalue weighted by atomic mass is 79.9. The molecule has 0 bridgehead atoms. The maximum atomic E-state index is 12.4. The van der Waals surface area contributed by atoms with E-state index < -0.39 is 0 Å². The van der Waals surface area contributed by atoms with E-state index in [1.165, 1.54) is 19.2 Å². The molecule has 0 unspecified atom stereocenters. The number of fused-ring (bicyclic) bond motifs is 1. The summed E-state index contributed by atoms with van der Waals surface area (Å²) in [6.07, 6.45) is 0. The number of carbonyl (C=O) groups excluding carboxylic acids is 1. The Hall–Kier alpha value is -2.54. The molecular formula is C16H13BrN2O4. The van der Waals surface area contributed by atoms with Crippen molar-refractivity contribution in [3.05, 3.63) is 46.3 Å². The lowest BCUT2D eigenvalue weighted by atomic mass is 10.2. The van der Waals surface area contributed by atoms with Crippen LogP contribution in [-0.2, 0) is 0 Å². The summed E-state index contributed by atoms with van der Waals surface area (Å²) in [5.41, 5.74) is 2.28. The lowest BCUT2D eigenvalue weighted by Gasteiger charge is -2.09. The zero-order valence-corrected chi connectivity index (χ0v) is 14.0. The Bertz CT molecular complexity index is 904. The molecule has 1 amide bonds. The quantitative estimate of drug-likeness (QED) is 0.724. The number of phenols is 1. The van der Waals surface area contributed by atoms with Crippen LogP contribution in [0.25, 0.3) is 11.1 Å². The van der Waals surface area contributed by atoms with Crippen molar-refractivity contribution in [2.75, 3.05) is 12.4 Å². The van der Waals surface area contributed by atoms with Crippen LogP contribution in [-0.4, -0.2) is 23.1 Å². The van der Waals surface area contributed by atoms with Crippen LogP contribution in [0.1, 0.15) is 16.2 Å². The van der Waals surface area contributed by atoms with Gasteiger partial charge >= 0.3 is 0 Å². The average molecular weight is 377 g/mol. The number of hydrogen-bond acceptors (Lipinski definition) is 5. The topological polar surface area (TPSA) is 84.6 Å². The Morgan fingerprint density at radius 3 is 2.87 bits per heavy atom. The Balaban J connectivity index is 1.89. The molecule has 23 heavy (non-hydrogen) atoms. The van der Waals surface area contributed by atoms with Crippen molar-refractivity contribution in [1.82, 2.24) is 4.98 Å². The van der Waals surface area contributed by atoms with Crippen molar-refractivity contribution in [1.29, 1.82) is 0 Å². The fourth-order valence-corrected chi connectivity index (χ4v) is 2.63. The highest BCUT2D eigenvalue weighted by Crippen LogP contribution is 2.35. The molecule has 3 aromatic rings. The summed E-state index contributed by atoms with van der Waals surface area (Å²) in [5, 5.41) is 12.6. The molecule has 0 radical (unpaired) electrons. The van der Waals surface area contributed by atoms with Gasteiger partial charge in [0, 0.05) is 18.2 Å². The number of aromatic hydroxyl groups is 1. The Kier molecular flexibility index (Phi) is 3.96. The summed E-state index contributed by atoms with van der Waals surface area (Å²) >= 11 is 3.19. The van der Waals surface area contributed by atoms with Crippen molar-refractivity contribution in [2.45, 2.75) is 6.92 Å². The van der Waals surface area contributed by atoms with E-state index in [4.69, 9.17) is 9.15 Å². The van der Waals surface area contributed by atoms with Crippen LogP contribution >= 0.6 is 15.9 Å². The van der Waals surface area contributed by atoms with Gasteiger partial charge in [-0.05, 0) is 46.3 Å². The smallest absolute Gasteiger partial charge is 0.255 e. The third-order valence-electron chi connectivity index (χ3n) is 3.26. The highest BCUT2D eigenvalue weighted by Gasteiger charge is 2.14. The van der Waals surface area contributed by atoms with Gasteiger partial charge in [-0.3, -0.25) is 4.79 Å². The van der Waals surface area contributed by atoms with E-state index in [2.05, 4.69) is 26.2 Å².